The van der Waals surface area contributed by atoms with E-state index in [2.05, 4.69) is 0 Å². The molecule has 10 heteroatoms. The van der Waals surface area contributed by atoms with E-state index in [9.17, 15) is 14.4 Å². The first-order valence-electron chi connectivity index (χ1n) is 12.9. The minimum atomic E-state index is -0.559. The molecule has 3 aliphatic heterocycles. The van der Waals surface area contributed by atoms with Crippen LogP contribution in [0.5, 0.6) is 5.75 Å². The van der Waals surface area contributed by atoms with Gasteiger partial charge in [-0.25, -0.2) is 9.78 Å². The van der Waals surface area contributed by atoms with E-state index >= 15 is 0 Å². The maximum Gasteiger partial charge on any atom is 0.333 e. The summed E-state index contributed by atoms with van der Waals surface area (Å²) in [7, 11) is 0. The molecule has 4 amide bonds. The second kappa shape index (κ2) is 8.53. The fourth-order valence-corrected chi connectivity index (χ4v) is 5.91. The summed E-state index contributed by atoms with van der Waals surface area (Å²) in [5, 5.41) is 0. The molecule has 4 heterocycles. The predicted octanol–water partition coefficient (Wildman–Crippen LogP) is 2.74. The number of nitrogens with zero attached hydrogens (tertiary/aromatic N) is 5. The number of hydrogen-bond donors (Lipinski definition) is 1. The van der Waals surface area contributed by atoms with Gasteiger partial charge in [0.25, 0.3) is 5.91 Å². The number of imide groups is 1. The molecule has 3 fully saturated rings. The largest absolute Gasteiger partial charge is 0.491 e. The van der Waals surface area contributed by atoms with Crippen molar-refractivity contribution in [2.24, 2.45) is 11.7 Å². The van der Waals surface area contributed by atoms with Crippen LogP contribution >= 0.6 is 0 Å². The number of rotatable bonds is 5. The SMILES string of the molecule is CC(C)C1C(=O)N(C2CCC2)C(=O)N1c1cn2c(n1)-c1ccc(N3CCC[C@H]3C(N)=O)cc1OCC2. The second-order valence-electron chi connectivity index (χ2n) is 10.5. The second-order valence-corrected chi connectivity index (χ2v) is 10.5. The number of anilines is 2. The first-order chi connectivity index (χ1) is 17.3. The van der Waals surface area contributed by atoms with Crippen molar-refractivity contribution in [2.45, 2.75) is 70.6 Å². The number of urea groups is 1. The summed E-state index contributed by atoms with van der Waals surface area (Å²) in [4.78, 5) is 48.6. The molecule has 4 aliphatic rings. The van der Waals surface area contributed by atoms with Gasteiger partial charge in [-0.05, 0) is 50.2 Å². The molecule has 0 spiro atoms. The molecule has 0 bridgehead atoms. The number of nitrogens with two attached hydrogens (primary N) is 1. The van der Waals surface area contributed by atoms with Crippen LogP contribution in [0.1, 0.15) is 46.0 Å². The predicted molar refractivity (Wildman–Crippen MR) is 134 cm³/mol. The van der Waals surface area contributed by atoms with E-state index < -0.39 is 6.04 Å². The summed E-state index contributed by atoms with van der Waals surface area (Å²) in [5.41, 5.74) is 7.33. The average molecular weight is 493 g/mol. The Balaban J connectivity index is 1.36. The van der Waals surface area contributed by atoms with Gasteiger partial charge in [-0.1, -0.05) is 13.8 Å². The van der Waals surface area contributed by atoms with Crippen LogP contribution in [-0.2, 0) is 16.1 Å². The molecule has 0 radical (unpaired) electrons. The van der Waals surface area contributed by atoms with Gasteiger partial charge in [-0.3, -0.25) is 19.4 Å². The number of carbonyl (C=O) groups is 3. The molecule has 2 aromatic rings. The number of carbonyl (C=O) groups excluding carboxylic acids is 3. The van der Waals surface area contributed by atoms with Crippen molar-refractivity contribution in [2.75, 3.05) is 23.0 Å². The Hall–Kier alpha value is -3.56. The van der Waals surface area contributed by atoms with Gasteiger partial charge in [0.05, 0.1) is 12.1 Å². The van der Waals surface area contributed by atoms with Crippen LogP contribution in [0.25, 0.3) is 11.4 Å². The van der Waals surface area contributed by atoms with Crippen molar-refractivity contribution >= 4 is 29.4 Å². The Morgan fingerprint density at radius 2 is 1.92 bits per heavy atom. The fraction of sp³-hybridized carbons (Fsp3) is 0.538. The van der Waals surface area contributed by atoms with Crippen LogP contribution in [-0.4, -0.2) is 63.6 Å². The highest BCUT2D eigenvalue weighted by molar-refractivity contribution is 6.14. The Kier molecular flexibility index (Phi) is 5.42. The van der Waals surface area contributed by atoms with E-state index in [0.717, 1.165) is 49.9 Å². The first kappa shape index (κ1) is 22.9. The number of aromatic nitrogens is 2. The van der Waals surface area contributed by atoms with Gasteiger partial charge >= 0.3 is 6.03 Å². The van der Waals surface area contributed by atoms with Gasteiger partial charge < -0.3 is 19.9 Å². The molecule has 2 N–H and O–H groups in total. The van der Waals surface area contributed by atoms with Crippen molar-refractivity contribution in [1.29, 1.82) is 0 Å². The third-order valence-corrected chi connectivity index (χ3v) is 7.97. The number of amides is 4. The Morgan fingerprint density at radius 1 is 1.11 bits per heavy atom. The maximum atomic E-state index is 13.5. The molecular formula is C26H32N6O4. The molecule has 1 unspecified atom stereocenters. The van der Waals surface area contributed by atoms with E-state index in [1.807, 2.05) is 47.7 Å². The summed E-state index contributed by atoms with van der Waals surface area (Å²) in [6, 6.07) is 4.72. The average Bonchev–Trinajstić information content (AvgIpc) is 3.48. The number of fused-ring (bicyclic) bond motifs is 3. The molecule has 1 aromatic carbocycles. The van der Waals surface area contributed by atoms with E-state index in [4.69, 9.17) is 15.5 Å². The number of hydrogen-bond acceptors (Lipinski definition) is 6. The van der Waals surface area contributed by atoms with Crippen molar-refractivity contribution < 1.29 is 19.1 Å². The quantitative estimate of drug-likeness (QED) is 0.642. The molecule has 190 valence electrons. The molecule has 1 saturated carbocycles. The lowest BCUT2D eigenvalue weighted by molar-refractivity contribution is -0.130. The summed E-state index contributed by atoms with van der Waals surface area (Å²) in [5.74, 6) is 1.40. The van der Waals surface area contributed by atoms with E-state index in [1.165, 1.54) is 4.90 Å². The fourth-order valence-electron chi connectivity index (χ4n) is 5.91. The highest BCUT2D eigenvalue weighted by Gasteiger charge is 2.51. The highest BCUT2D eigenvalue weighted by atomic mass is 16.5. The molecule has 2 saturated heterocycles. The molecule has 10 nitrogen and oxygen atoms in total. The van der Waals surface area contributed by atoms with Crippen LogP contribution in [0, 0.1) is 5.92 Å². The first-order valence-corrected chi connectivity index (χ1v) is 12.9. The van der Waals surface area contributed by atoms with Crippen molar-refractivity contribution in [3.63, 3.8) is 0 Å². The smallest absolute Gasteiger partial charge is 0.333 e. The molecule has 2 atom stereocenters. The minimum absolute atomic E-state index is 0.000877. The number of primary amides is 1. The minimum Gasteiger partial charge on any atom is -0.491 e. The summed E-state index contributed by atoms with van der Waals surface area (Å²) < 4.78 is 8.06. The van der Waals surface area contributed by atoms with E-state index in [-0.39, 0.29) is 35.8 Å². The number of ether oxygens (including phenoxy) is 1. The standard InChI is InChI=1S/C26H32N6O4/c1-15(2)22-25(34)31(16-5-3-6-16)26(35)32(22)21-14-29-11-12-36-20-13-17(8-9-18(20)24(29)28-21)30-10-4-7-19(30)23(27)33/h8-9,13-16,19,22H,3-7,10-12H2,1-2H3,(H2,27,33)/t19-,22?/m0/s1. The van der Waals surface area contributed by atoms with Gasteiger partial charge in [0.2, 0.25) is 5.91 Å². The van der Waals surface area contributed by atoms with Crippen LogP contribution in [0.15, 0.2) is 24.4 Å². The normalized spacial score (nSPS) is 24.0. The highest BCUT2D eigenvalue weighted by Crippen LogP contribution is 2.40. The Labute approximate surface area is 210 Å². The lowest BCUT2D eigenvalue weighted by Gasteiger charge is -2.32. The van der Waals surface area contributed by atoms with E-state index in [1.54, 1.807) is 4.90 Å². The molecule has 36 heavy (non-hydrogen) atoms. The lowest BCUT2D eigenvalue weighted by atomic mass is 9.91. The van der Waals surface area contributed by atoms with Crippen LogP contribution in [0.2, 0.25) is 0 Å². The topological polar surface area (TPSA) is 114 Å². The summed E-state index contributed by atoms with van der Waals surface area (Å²) in [6.07, 6.45) is 6.31. The third-order valence-electron chi connectivity index (χ3n) is 7.97. The lowest BCUT2D eigenvalue weighted by Crippen LogP contribution is -2.45. The molecule has 1 aromatic heterocycles. The third kappa shape index (κ3) is 3.45. The zero-order valence-corrected chi connectivity index (χ0v) is 20.7. The van der Waals surface area contributed by atoms with Gasteiger partial charge in [0.15, 0.2) is 5.82 Å². The molecular weight excluding hydrogens is 460 g/mol. The summed E-state index contributed by atoms with van der Waals surface area (Å²) >= 11 is 0. The van der Waals surface area contributed by atoms with Crippen LogP contribution in [0.3, 0.4) is 0 Å². The number of imidazole rings is 1. The van der Waals surface area contributed by atoms with Gasteiger partial charge in [-0.15, -0.1) is 0 Å². The van der Waals surface area contributed by atoms with Gasteiger partial charge in [0.1, 0.15) is 30.3 Å². The monoisotopic (exact) mass is 492 g/mol. The van der Waals surface area contributed by atoms with E-state index in [0.29, 0.717) is 30.5 Å². The van der Waals surface area contributed by atoms with Crippen molar-refractivity contribution in [1.82, 2.24) is 14.5 Å². The molecule has 6 rings (SSSR count). The zero-order valence-electron chi connectivity index (χ0n) is 20.7. The summed E-state index contributed by atoms with van der Waals surface area (Å²) in [6.45, 7) is 5.71. The zero-order chi connectivity index (χ0) is 25.1. The Bertz CT molecular complexity index is 1240. The van der Waals surface area contributed by atoms with Crippen LogP contribution < -0.4 is 20.3 Å². The van der Waals surface area contributed by atoms with Gasteiger partial charge in [-0.2, -0.15) is 0 Å². The Morgan fingerprint density at radius 3 is 2.61 bits per heavy atom. The van der Waals surface area contributed by atoms with Crippen LogP contribution in [0.4, 0.5) is 16.3 Å². The maximum absolute atomic E-state index is 13.5. The number of benzene rings is 1. The van der Waals surface area contributed by atoms with Crippen molar-refractivity contribution in [3.8, 4) is 17.1 Å². The van der Waals surface area contributed by atoms with Crippen molar-refractivity contribution in [3.05, 3.63) is 24.4 Å². The molecule has 1 aliphatic carbocycles. The van der Waals surface area contributed by atoms with Gasteiger partial charge in [0, 0.05) is 30.5 Å².